The van der Waals surface area contributed by atoms with Crippen molar-refractivity contribution in [2.75, 3.05) is 4.90 Å². The first-order valence-electron chi connectivity index (χ1n) is 20.8. The molecule has 0 bridgehead atoms. The predicted molar refractivity (Wildman–Crippen MR) is 255 cm³/mol. The summed E-state index contributed by atoms with van der Waals surface area (Å²) in [5.41, 5.74) is 7.78. The molecule has 2 heterocycles. The van der Waals surface area contributed by atoms with E-state index in [4.69, 9.17) is 4.42 Å². The monoisotopic (exact) mass is 876 g/mol. The molecule has 0 saturated carbocycles. The van der Waals surface area contributed by atoms with Gasteiger partial charge in [-0.05, 0) is 107 Å². The number of fused-ring (bicyclic) bond motifs is 6. The maximum atomic E-state index is 12.9. The molecule has 0 radical (unpaired) electrons. The van der Waals surface area contributed by atoms with Crippen LogP contribution in [0, 0.1) is 0 Å². The van der Waals surface area contributed by atoms with Gasteiger partial charge in [-0.1, -0.05) is 133 Å². The van der Waals surface area contributed by atoms with E-state index in [-0.39, 0.29) is 0 Å². The topological polar surface area (TPSA) is 64.7 Å². The summed E-state index contributed by atoms with van der Waals surface area (Å²) in [5.74, 6) is -0.434. The fourth-order valence-corrected chi connectivity index (χ4v) is 9.16. The number of benzene rings is 9. The fraction of sp³-hybridized carbons (Fsp3) is 0.0182. The second kappa shape index (κ2) is 15.6. The zero-order valence-corrected chi connectivity index (χ0v) is 35.1. The minimum atomic E-state index is -5.78. The molecule has 0 N–H and O–H groups in total. The van der Waals surface area contributed by atoms with Gasteiger partial charge in [0, 0.05) is 49.9 Å². The number of furan rings is 1. The number of hydrogen-bond donors (Lipinski definition) is 0. The van der Waals surface area contributed by atoms with Crippen LogP contribution in [0.25, 0.3) is 82.8 Å². The van der Waals surface area contributed by atoms with Crippen LogP contribution < -0.4 is 9.08 Å². The molecule has 0 atom stereocenters. The Hall–Kier alpha value is -8.08. The van der Waals surface area contributed by atoms with Gasteiger partial charge in [0.15, 0.2) is 0 Å². The fourth-order valence-electron chi connectivity index (χ4n) is 8.70. The zero-order valence-electron chi connectivity index (χ0n) is 34.3. The van der Waals surface area contributed by atoms with Crippen LogP contribution in [0.1, 0.15) is 0 Å². The standard InChI is InChI=1S/C55H35F3N2O4S/c56-55(57,58)65(61,62)64-45-34-24-39(25-35-45)38-18-28-42(29-19-38)59(43-32-22-40(23-33-43)46-11-7-12-50-49-10-3-6-15-53(49)63-54(46)50)41-26-16-36(17-27-41)37-20-30-44(31-21-37)60-51-13-4-1-8-47(51)48-9-2-5-14-52(48)60/h1-35H. The quantitative estimate of drug-likeness (QED) is 0.107. The molecule has 0 spiro atoms. The normalized spacial score (nSPS) is 12.0. The maximum Gasteiger partial charge on any atom is 0.534 e. The van der Waals surface area contributed by atoms with Crippen molar-refractivity contribution < 1.29 is 30.2 Å². The van der Waals surface area contributed by atoms with Crippen LogP contribution in [0.2, 0.25) is 0 Å². The molecule has 6 nitrogen and oxygen atoms in total. The molecule has 0 amide bonds. The molecule has 10 heteroatoms. The second-order valence-corrected chi connectivity index (χ2v) is 17.2. The highest BCUT2D eigenvalue weighted by molar-refractivity contribution is 7.88. The Bertz CT molecular complexity index is 3600. The molecule has 0 fully saturated rings. The lowest BCUT2D eigenvalue weighted by molar-refractivity contribution is -0.0500. The minimum absolute atomic E-state index is 0.434. The Morgan fingerprint density at radius 2 is 0.877 bits per heavy atom. The lowest BCUT2D eigenvalue weighted by atomic mass is 10.0. The Labute approximate surface area is 371 Å². The molecule has 0 saturated heterocycles. The first kappa shape index (κ1) is 39.7. The summed E-state index contributed by atoms with van der Waals surface area (Å²) < 4.78 is 74.8. The lowest BCUT2D eigenvalue weighted by Gasteiger charge is -2.26. The van der Waals surface area contributed by atoms with Gasteiger partial charge in [-0.15, -0.1) is 0 Å². The van der Waals surface area contributed by atoms with Gasteiger partial charge in [-0.25, -0.2) is 0 Å². The molecule has 0 aliphatic carbocycles. The summed E-state index contributed by atoms with van der Waals surface area (Å²) >= 11 is 0. The number of para-hydroxylation sites is 4. The molecule has 0 aliphatic heterocycles. The van der Waals surface area contributed by atoms with Crippen molar-refractivity contribution in [3.8, 4) is 44.8 Å². The van der Waals surface area contributed by atoms with Crippen molar-refractivity contribution in [3.63, 3.8) is 0 Å². The molecule has 11 aromatic rings. The van der Waals surface area contributed by atoms with E-state index < -0.39 is 21.4 Å². The highest BCUT2D eigenvalue weighted by atomic mass is 32.2. The smallest absolute Gasteiger partial charge is 0.455 e. The summed E-state index contributed by atoms with van der Waals surface area (Å²) in [4.78, 5) is 2.16. The van der Waals surface area contributed by atoms with E-state index in [0.29, 0.717) is 5.56 Å². The van der Waals surface area contributed by atoms with Crippen molar-refractivity contribution in [1.29, 1.82) is 0 Å². The molecule has 2 aromatic heterocycles. The number of halogens is 3. The number of anilines is 3. The number of hydrogen-bond acceptors (Lipinski definition) is 5. The van der Waals surface area contributed by atoms with Gasteiger partial charge < -0.3 is 18.1 Å². The number of nitrogens with zero attached hydrogens (tertiary/aromatic N) is 2. The van der Waals surface area contributed by atoms with E-state index in [9.17, 15) is 21.6 Å². The van der Waals surface area contributed by atoms with Crippen molar-refractivity contribution in [1.82, 2.24) is 4.57 Å². The summed E-state index contributed by atoms with van der Waals surface area (Å²) in [5, 5.41) is 4.55. The molecule has 0 aliphatic rings. The van der Waals surface area contributed by atoms with Crippen molar-refractivity contribution in [2.45, 2.75) is 5.51 Å². The Balaban J connectivity index is 0.925. The van der Waals surface area contributed by atoms with Crippen molar-refractivity contribution in [2.24, 2.45) is 0 Å². The number of alkyl halides is 3. The largest absolute Gasteiger partial charge is 0.534 e. The van der Waals surface area contributed by atoms with Crippen LogP contribution in [-0.4, -0.2) is 18.5 Å². The van der Waals surface area contributed by atoms with Gasteiger partial charge in [-0.2, -0.15) is 21.6 Å². The SMILES string of the molecule is O=S(=O)(Oc1ccc(-c2ccc(N(c3ccc(-c4ccc(-n5c6ccccc6c6ccccc65)cc4)cc3)c3ccc(-c4cccc5c4oc4ccccc45)cc3)cc2)cc1)C(F)(F)F. The third-order valence-corrected chi connectivity index (χ3v) is 12.8. The molecular weight excluding hydrogens is 842 g/mol. The summed E-state index contributed by atoms with van der Waals surface area (Å²) in [6.45, 7) is 0. The third-order valence-electron chi connectivity index (χ3n) is 11.8. The Morgan fingerprint density at radius 3 is 1.40 bits per heavy atom. The van der Waals surface area contributed by atoms with E-state index >= 15 is 0 Å². The Morgan fingerprint density at radius 1 is 0.446 bits per heavy atom. The van der Waals surface area contributed by atoms with Crippen molar-refractivity contribution in [3.05, 3.63) is 212 Å². The average Bonchev–Trinajstić information content (AvgIpc) is 3.89. The van der Waals surface area contributed by atoms with Crippen LogP contribution in [0.4, 0.5) is 30.2 Å². The van der Waals surface area contributed by atoms with Gasteiger partial charge in [0.05, 0.1) is 11.0 Å². The van der Waals surface area contributed by atoms with Gasteiger partial charge in [0.25, 0.3) is 0 Å². The molecular formula is C55H35F3N2O4S. The zero-order chi connectivity index (χ0) is 44.3. The van der Waals surface area contributed by atoms with Crippen LogP contribution in [-0.2, 0) is 10.1 Å². The molecule has 11 rings (SSSR count). The maximum absolute atomic E-state index is 12.9. The molecule has 9 aromatic carbocycles. The summed E-state index contributed by atoms with van der Waals surface area (Å²) in [6, 6.07) is 69.8. The second-order valence-electron chi connectivity index (χ2n) is 15.7. The highest BCUT2D eigenvalue weighted by Gasteiger charge is 2.48. The van der Waals surface area contributed by atoms with E-state index in [1.807, 2.05) is 48.5 Å². The van der Waals surface area contributed by atoms with E-state index in [1.165, 1.54) is 35.0 Å². The number of aromatic nitrogens is 1. The average molecular weight is 877 g/mol. The first-order chi connectivity index (χ1) is 31.6. The van der Waals surface area contributed by atoms with Crippen molar-refractivity contribution >= 4 is 70.9 Å². The van der Waals surface area contributed by atoms with E-state index in [2.05, 4.69) is 153 Å². The highest BCUT2D eigenvalue weighted by Crippen LogP contribution is 2.41. The van der Waals surface area contributed by atoms with Gasteiger partial charge in [-0.3, -0.25) is 0 Å². The molecule has 0 unspecified atom stereocenters. The third kappa shape index (κ3) is 7.14. The van der Waals surface area contributed by atoms with E-state index in [1.54, 1.807) is 0 Å². The van der Waals surface area contributed by atoms with Crippen LogP contribution >= 0.6 is 0 Å². The van der Waals surface area contributed by atoms with Crippen LogP contribution in [0.3, 0.4) is 0 Å². The van der Waals surface area contributed by atoms with Gasteiger partial charge in [0.1, 0.15) is 16.9 Å². The summed E-state index contributed by atoms with van der Waals surface area (Å²) in [6.07, 6.45) is 0. The van der Waals surface area contributed by atoms with Gasteiger partial charge >= 0.3 is 15.6 Å². The lowest BCUT2D eigenvalue weighted by Crippen LogP contribution is -2.28. The molecule has 65 heavy (non-hydrogen) atoms. The summed E-state index contributed by atoms with van der Waals surface area (Å²) in [7, 11) is -5.78. The minimum Gasteiger partial charge on any atom is -0.455 e. The Kier molecular flexibility index (Phi) is 9.55. The van der Waals surface area contributed by atoms with E-state index in [0.717, 1.165) is 83.5 Å². The first-order valence-corrected chi connectivity index (χ1v) is 22.2. The molecule has 316 valence electrons. The van der Waals surface area contributed by atoms with Crippen LogP contribution in [0.5, 0.6) is 5.75 Å². The van der Waals surface area contributed by atoms with Crippen LogP contribution in [0.15, 0.2) is 217 Å². The number of rotatable bonds is 9. The predicted octanol–water partition coefficient (Wildman–Crippen LogP) is 15.4. The van der Waals surface area contributed by atoms with Gasteiger partial charge in [0.2, 0.25) is 0 Å².